The minimum atomic E-state index is -0.268. The number of carbonyl (C=O) groups excluding carboxylic acids is 2. The maximum absolute atomic E-state index is 12.9. The molecule has 1 heterocycles. The van der Waals surface area contributed by atoms with Gasteiger partial charge in [-0.1, -0.05) is 44.6 Å². The quantitative estimate of drug-likeness (QED) is 0.915. The maximum atomic E-state index is 12.9. The van der Waals surface area contributed by atoms with E-state index in [0.29, 0.717) is 5.69 Å². The van der Waals surface area contributed by atoms with Crippen LogP contribution in [0.3, 0.4) is 0 Å². The summed E-state index contributed by atoms with van der Waals surface area (Å²) in [6, 6.07) is 5.23. The Balaban J connectivity index is 1.75. The number of nitrogens with zero attached hydrogens (tertiary/aromatic N) is 2. The minimum absolute atomic E-state index is 0.00292. The Labute approximate surface area is 143 Å². The lowest BCUT2D eigenvalue weighted by molar-refractivity contribution is 0.0696. The highest BCUT2D eigenvalue weighted by atomic mass is 16.2. The standard InChI is InChI=1S/C19H27N3O2/c23-18(17-13-7-8-14-20-17)22(16-11-5-2-6-12-16)19(24)21-15-9-3-1-4-10-15/h7-8,13-16H,1-6,9-12H2,(H,21,24). The SMILES string of the molecule is O=C(NC1CCCCC1)N(C(=O)c1ccccn1)C1CCCCC1. The number of imide groups is 1. The molecule has 0 aliphatic heterocycles. The lowest BCUT2D eigenvalue weighted by Gasteiger charge is -2.34. The van der Waals surface area contributed by atoms with Crippen LogP contribution in [-0.2, 0) is 0 Å². The van der Waals surface area contributed by atoms with Gasteiger partial charge in [0.1, 0.15) is 5.69 Å². The van der Waals surface area contributed by atoms with Crippen LogP contribution in [0.2, 0.25) is 0 Å². The molecule has 0 atom stereocenters. The van der Waals surface area contributed by atoms with E-state index in [1.54, 1.807) is 24.4 Å². The van der Waals surface area contributed by atoms with Gasteiger partial charge < -0.3 is 5.32 Å². The molecular weight excluding hydrogens is 302 g/mol. The van der Waals surface area contributed by atoms with Crippen molar-refractivity contribution in [3.05, 3.63) is 30.1 Å². The zero-order chi connectivity index (χ0) is 16.8. The number of amides is 3. The molecule has 24 heavy (non-hydrogen) atoms. The smallest absolute Gasteiger partial charge is 0.324 e. The van der Waals surface area contributed by atoms with Gasteiger partial charge in [-0.25, -0.2) is 4.79 Å². The highest BCUT2D eigenvalue weighted by molar-refractivity contribution is 6.03. The fourth-order valence-corrected chi connectivity index (χ4v) is 3.87. The highest BCUT2D eigenvalue weighted by Gasteiger charge is 2.33. The summed E-state index contributed by atoms with van der Waals surface area (Å²) in [6.07, 6.45) is 12.3. The van der Waals surface area contributed by atoms with Gasteiger partial charge in [-0.2, -0.15) is 0 Å². The van der Waals surface area contributed by atoms with Crippen molar-refractivity contribution >= 4 is 11.9 Å². The second-order valence-electron chi connectivity index (χ2n) is 6.97. The first-order valence-electron chi connectivity index (χ1n) is 9.31. The summed E-state index contributed by atoms with van der Waals surface area (Å²) < 4.78 is 0. The summed E-state index contributed by atoms with van der Waals surface area (Å²) >= 11 is 0. The van der Waals surface area contributed by atoms with Gasteiger partial charge in [-0.05, 0) is 37.8 Å². The molecule has 2 fully saturated rings. The first-order valence-corrected chi connectivity index (χ1v) is 9.31. The molecular formula is C19H27N3O2. The van der Waals surface area contributed by atoms with Crippen LogP contribution in [0.1, 0.15) is 74.7 Å². The zero-order valence-corrected chi connectivity index (χ0v) is 14.2. The molecule has 0 radical (unpaired) electrons. The summed E-state index contributed by atoms with van der Waals surface area (Å²) in [5.74, 6) is -0.268. The number of hydrogen-bond donors (Lipinski definition) is 1. The van der Waals surface area contributed by atoms with E-state index >= 15 is 0 Å². The van der Waals surface area contributed by atoms with Crippen molar-refractivity contribution in [1.29, 1.82) is 0 Å². The summed E-state index contributed by atoms with van der Waals surface area (Å²) in [5, 5.41) is 3.11. The third kappa shape index (κ3) is 4.13. The van der Waals surface area contributed by atoms with E-state index < -0.39 is 0 Å². The Kier molecular flexibility index (Phi) is 5.83. The van der Waals surface area contributed by atoms with Crippen LogP contribution in [0.25, 0.3) is 0 Å². The van der Waals surface area contributed by atoms with Gasteiger partial charge in [-0.15, -0.1) is 0 Å². The van der Waals surface area contributed by atoms with E-state index in [1.165, 1.54) is 17.7 Å². The molecule has 3 amide bonds. The Hall–Kier alpha value is -1.91. The van der Waals surface area contributed by atoms with Crippen LogP contribution < -0.4 is 5.32 Å². The van der Waals surface area contributed by atoms with E-state index in [1.807, 2.05) is 0 Å². The lowest BCUT2D eigenvalue weighted by Crippen LogP contribution is -2.53. The average Bonchev–Trinajstić information content (AvgIpc) is 2.64. The minimum Gasteiger partial charge on any atom is -0.335 e. The van der Waals surface area contributed by atoms with Gasteiger partial charge in [0.25, 0.3) is 5.91 Å². The van der Waals surface area contributed by atoms with Crippen molar-refractivity contribution in [2.24, 2.45) is 0 Å². The van der Waals surface area contributed by atoms with Crippen LogP contribution in [0.4, 0.5) is 4.79 Å². The first-order chi connectivity index (χ1) is 11.8. The molecule has 0 saturated heterocycles. The lowest BCUT2D eigenvalue weighted by atomic mass is 9.93. The molecule has 2 aliphatic rings. The molecule has 0 aromatic carbocycles. The Bertz CT molecular complexity index is 549. The molecule has 5 nitrogen and oxygen atoms in total. The van der Waals surface area contributed by atoms with Crippen molar-refractivity contribution in [3.8, 4) is 0 Å². The number of hydrogen-bond acceptors (Lipinski definition) is 3. The second-order valence-corrected chi connectivity index (χ2v) is 6.97. The summed E-state index contributed by atoms with van der Waals surface area (Å²) in [6.45, 7) is 0. The Morgan fingerprint density at radius 1 is 0.958 bits per heavy atom. The monoisotopic (exact) mass is 329 g/mol. The van der Waals surface area contributed by atoms with Crippen LogP contribution in [0, 0.1) is 0 Å². The van der Waals surface area contributed by atoms with Crippen molar-refractivity contribution in [2.75, 3.05) is 0 Å². The van der Waals surface area contributed by atoms with Crippen molar-refractivity contribution in [1.82, 2.24) is 15.2 Å². The van der Waals surface area contributed by atoms with E-state index in [9.17, 15) is 9.59 Å². The summed E-state index contributed by atoms with van der Waals surface area (Å²) in [4.78, 5) is 31.4. The molecule has 0 bridgehead atoms. The van der Waals surface area contributed by atoms with E-state index in [2.05, 4.69) is 10.3 Å². The maximum Gasteiger partial charge on any atom is 0.324 e. The average molecular weight is 329 g/mol. The van der Waals surface area contributed by atoms with Gasteiger partial charge in [-0.3, -0.25) is 14.7 Å². The summed E-state index contributed by atoms with van der Waals surface area (Å²) in [7, 11) is 0. The summed E-state index contributed by atoms with van der Waals surface area (Å²) in [5.41, 5.74) is 0.349. The molecule has 2 aliphatic carbocycles. The number of rotatable bonds is 3. The molecule has 3 rings (SSSR count). The molecule has 1 aromatic rings. The predicted molar refractivity (Wildman–Crippen MR) is 92.7 cm³/mol. The topological polar surface area (TPSA) is 62.3 Å². The predicted octanol–water partition coefficient (Wildman–Crippen LogP) is 3.90. The van der Waals surface area contributed by atoms with Crippen molar-refractivity contribution < 1.29 is 9.59 Å². The van der Waals surface area contributed by atoms with Crippen molar-refractivity contribution in [3.63, 3.8) is 0 Å². The molecule has 1 aromatic heterocycles. The van der Waals surface area contributed by atoms with Gasteiger partial charge >= 0.3 is 6.03 Å². The van der Waals surface area contributed by atoms with E-state index in [-0.39, 0.29) is 24.0 Å². The molecule has 0 spiro atoms. The number of carbonyl (C=O) groups is 2. The molecule has 5 heteroatoms. The molecule has 2 saturated carbocycles. The number of aromatic nitrogens is 1. The number of urea groups is 1. The second kappa shape index (κ2) is 8.27. The van der Waals surface area contributed by atoms with E-state index in [4.69, 9.17) is 0 Å². The van der Waals surface area contributed by atoms with Gasteiger partial charge in [0.2, 0.25) is 0 Å². The van der Waals surface area contributed by atoms with Crippen molar-refractivity contribution in [2.45, 2.75) is 76.3 Å². The highest BCUT2D eigenvalue weighted by Crippen LogP contribution is 2.25. The Morgan fingerprint density at radius 2 is 1.62 bits per heavy atom. The largest absolute Gasteiger partial charge is 0.335 e. The van der Waals surface area contributed by atoms with Crippen LogP contribution in [0.5, 0.6) is 0 Å². The molecule has 1 N–H and O–H groups in total. The van der Waals surface area contributed by atoms with Gasteiger partial charge in [0.05, 0.1) is 0 Å². The van der Waals surface area contributed by atoms with E-state index in [0.717, 1.165) is 51.4 Å². The number of nitrogens with one attached hydrogen (secondary N) is 1. The third-order valence-electron chi connectivity index (χ3n) is 5.19. The van der Waals surface area contributed by atoms with Crippen LogP contribution in [0.15, 0.2) is 24.4 Å². The normalized spacial score (nSPS) is 19.7. The fraction of sp³-hybridized carbons (Fsp3) is 0.632. The first kappa shape index (κ1) is 16.9. The zero-order valence-electron chi connectivity index (χ0n) is 14.2. The fourth-order valence-electron chi connectivity index (χ4n) is 3.87. The van der Waals surface area contributed by atoms with Gasteiger partial charge in [0, 0.05) is 18.3 Å². The van der Waals surface area contributed by atoms with Crippen LogP contribution >= 0.6 is 0 Å². The third-order valence-corrected chi connectivity index (χ3v) is 5.19. The molecule has 130 valence electrons. The van der Waals surface area contributed by atoms with Crippen LogP contribution in [-0.4, -0.2) is 33.9 Å². The Morgan fingerprint density at radius 3 is 2.25 bits per heavy atom. The number of pyridine rings is 1. The van der Waals surface area contributed by atoms with Gasteiger partial charge in [0.15, 0.2) is 0 Å². The molecule has 0 unspecified atom stereocenters.